The van der Waals surface area contributed by atoms with E-state index in [1.165, 1.54) is 0 Å². The number of ether oxygens (including phenoxy) is 1. The standard InChI is InChI=1S/C21H22N4O3/c1-4-28-19-11-7-17(8-12-19)21(27)23-22-20(26)16-5-9-18(10-6-16)25-15(3)13-14(2)24-25/h5-13H,4H2,1-3H3,(H,22,26)(H,23,27). The normalized spacial score (nSPS) is 10.4. The van der Waals surface area contributed by atoms with E-state index in [9.17, 15) is 9.59 Å². The summed E-state index contributed by atoms with van der Waals surface area (Å²) in [5.74, 6) is -0.124. The second-order valence-corrected chi connectivity index (χ2v) is 6.25. The van der Waals surface area contributed by atoms with Crippen LogP contribution in [0.3, 0.4) is 0 Å². The minimum Gasteiger partial charge on any atom is -0.494 e. The molecule has 0 bridgehead atoms. The van der Waals surface area contributed by atoms with Crippen molar-refractivity contribution in [2.24, 2.45) is 0 Å². The van der Waals surface area contributed by atoms with E-state index in [0.29, 0.717) is 23.5 Å². The van der Waals surface area contributed by atoms with E-state index < -0.39 is 11.8 Å². The van der Waals surface area contributed by atoms with Crippen molar-refractivity contribution in [1.29, 1.82) is 0 Å². The lowest BCUT2D eigenvalue weighted by molar-refractivity contribution is 0.0846. The van der Waals surface area contributed by atoms with Gasteiger partial charge in [-0.2, -0.15) is 5.10 Å². The Hall–Kier alpha value is -3.61. The van der Waals surface area contributed by atoms with Gasteiger partial charge in [-0.15, -0.1) is 0 Å². The molecule has 7 nitrogen and oxygen atoms in total. The van der Waals surface area contributed by atoms with Crippen molar-refractivity contribution in [3.05, 3.63) is 77.1 Å². The fourth-order valence-electron chi connectivity index (χ4n) is 2.77. The number of benzene rings is 2. The van der Waals surface area contributed by atoms with Crippen molar-refractivity contribution in [1.82, 2.24) is 20.6 Å². The average Bonchev–Trinajstić information content (AvgIpc) is 3.05. The summed E-state index contributed by atoms with van der Waals surface area (Å²) in [5.41, 5.74) is 8.48. The van der Waals surface area contributed by atoms with Crippen molar-refractivity contribution in [2.75, 3.05) is 6.61 Å². The van der Waals surface area contributed by atoms with E-state index in [-0.39, 0.29) is 0 Å². The van der Waals surface area contributed by atoms with Crippen LogP contribution in [0.2, 0.25) is 0 Å². The van der Waals surface area contributed by atoms with Gasteiger partial charge in [0.1, 0.15) is 5.75 Å². The molecular weight excluding hydrogens is 356 g/mol. The zero-order valence-electron chi connectivity index (χ0n) is 16.0. The number of hydrazine groups is 1. The van der Waals surface area contributed by atoms with Crippen molar-refractivity contribution in [2.45, 2.75) is 20.8 Å². The molecule has 2 N–H and O–H groups in total. The first kappa shape index (κ1) is 19.2. The molecule has 7 heteroatoms. The summed E-state index contributed by atoms with van der Waals surface area (Å²) in [6, 6.07) is 15.7. The number of nitrogens with one attached hydrogen (secondary N) is 2. The van der Waals surface area contributed by atoms with Crippen molar-refractivity contribution in [3.63, 3.8) is 0 Å². The summed E-state index contributed by atoms with van der Waals surface area (Å²) in [6.07, 6.45) is 0. The Kier molecular flexibility index (Phi) is 5.74. The van der Waals surface area contributed by atoms with Gasteiger partial charge >= 0.3 is 0 Å². The molecule has 1 heterocycles. The maximum Gasteiger partial charge on any atom is 0.269 e. The third-order valence-electron chi connectivity index (χ3n) is 4.10. The van der Waals surface area contributed by atoms with Crippen LogP contribution in [0.4, 0.5) is 0 Å². The molecule has 144 valence electrons. The van der Waals surface area contributed by atoms with Crippen molar-refractivity contribution >= 4 is 11.8 Å². The second kappa shape index (κ2) is 8.39. The van der Waals surface area contributed by atoms with Gasteiger partial charge in [0.05, 0.1) is 18.0 Å². The van der Waals surface area contributed by atoms with Gasteiger partial charge in [0.2, 0.25) is 0 Å². The molecule has 2 aromatic carbocycles. The number of rotatable bonds is 5. The van der Waals surface area contributed by atoms with Crippen LogP contribution in [0.25, 0.3) is 5.69 Å². The van der Waals surface area contributed by atoms with Crippen LogP contribution in [0.5, 0.6) is 5.75 Å². The summed E-state index contributed by atoms with van der Waals surface area (Å²) in [5, 5.41) is 4.42. The van der Waals surface area contributed by atoms with Crippen LogP contribution in [-0.2, 0) is 0 Å². The quantitative estimate of drug-likeness (QED) is 0.669. The zero-order chi connectivity index (χ0) is 20.1. The van der Waals surface area contributed by atoms with E-state index in [4.69, 9.17) is 4.74 Å². The van der Waals surface area contributed by atoms with Gasteiger partial charge in [-0.1, -0.05) is 0 Å². The van der Waals surface area contributed by atoms with E-state index >= 15 is 0 Å². The van der Waals surface area contributed by atoms with E-state index in [0.717, 1.165) is 17.1 Å². The van der Waals surface area contributed by atoms with Crippen LogP contribution >= 0.6 is 0 Å². The van der Waals surface area contributed by atoms with Gasteiger partial charge in [-0.05, 0) is 75.4 Å². The number of carbonyl (C=O) groups is 2. The molecule has 2 amide bonds. The minimum atomic E-state index is -0.407. The Bertz CT molecular complexity index is 976. The molecule has 0 saturated heterocycles. The molecule has 0 atom stereocenters. The highest BCUT2D eigenvalue weighted by atomic mass is 16.5. The lowest BCUT2D eigenvalue weighted by Gasteiger charge is -2.09. The number of carbonyl (C=O) groups excluding carboxylic acids is 2. The van der Waals surface area contributed by atoms with Gasteiger partial charge in [-0.3, -0.25) is 20.4 Å². The number of hydrogen-bond donors (Lipinski definition) is 2. The van der Waals surface area contributed by atoms with Gasteiger partial charge in [-0.25, -0.2) is 4.68 Å². The van der Waals surface area contributed by atoms with Crippen LogP contribution in [0, 0.1) is 13.8 Å². The molecule has 3 rings (SSSR count). The lowest BCUT2D eigenvalue weighted by atomic mass is 10.2. The predicted octanol–water partition coefficient (Wildman–Crippen LogP) is 2.96. The molecule has 0 aliphatic heterocycles. The zero-order valence-corrected chi connectivity index (χ0v) is 16.0. The number of aryl methyl sites for hydroxylation is 2. The monoisotopic (exact) mass is 378 g/mol. The molecule has 1 aromatic heterocycles. The SMILES string of the molecule is CCOc1ccc(C(=O)NNC(=O)c2ccc(-n3nc(C)cc3C)cc2)cc1. The molecule has 0 fully saturated rings. The first-order chi connectivity index (χ1) is 13.5. The summed E-state index contributed by atoms with van der Waals surface area (Å²) in [7, 11) is 0. The predicted molar refractivity (Wildman–Crippen MR) is 106 cm³/mol. The van der Waals surface area contributed by atoms with Crippen LogP contribution in [0.15, 0.2) is 54.6 Å². The smallest absolute Gasteiger partial charge is 0.269 e. The Balaban J connectivity index is 1.60. The third kappa shape index (κ3) is 4.37. The molecule has 0 unspecified atom stereocenters. The molecule has 0 radical (unpaired) electrons. The molecule has 0 spiro atoms. The summed E-state index contributed by atoms with van der Waals surface area (Å²) >= 11 is 0. The van der Waals surface area contributed by atoms with Crippen molar-refractivity contribution in [3.8, 4) is 11.4 Å². The summed E-state index contributed by atoms with van der Waals surface area (Å²) in [6.45, 7) is 6.34. The Morgan fingerprint density at radius 3 is 1.93 bits per heavy atom. The molecular formula is C21H22N4O3. The highest BCUT2D eigenvalue weighted by molar-refractivity contribution is 5.99. The average molecular weight is 378 g/mol. The highest BCUT2D eigenvalue weighted by Gasteiger charge is 2.10. The summed E-state index contributed by atoms with van der Waals surface area (Å²) < 4.78 is 7.15. The van der Waals surface area contributed by atoms with Gasteiger partial charge in [0, 0.05) is 16.8 Å². The van der Waals surface area contributed by atoms with Crippen LogP contribution in [0.1, 0.15) is 39.0 Å². The fourth-order valence-corrected chi connectivity index (χ4v) is 2.77. The lowest BCUT2D eigenvalue weighted by Crippen LogP contribution is -2.41. The van der Waals surface area contributed by atoms with Gasteiger partial charge < -0.3 is 4.74 Å². The maximum atomic E-state index is 12.3. The minimum absolute atomic E-state index is 0.404. The number of amides is 2. The molecule has 0 aliphatic carbocycles. The number of nitrogens with zero attached hydrogens (tertiary/aromatic N) is 2. The Labute approximate surface area is 163 Å². The van der Waals surface area contributed by atoms with Crippen LogP contribution in [-0.4, -0.2) is 28.2 Å². The van der Waals surface area contributed by atoms with Gasteiger partial charge in [0.25, 0.3) is 11.8 Å². The maximum absolute atomic E-state index is 12.3. The largest absolute Gasteiger partial charge is 0.494 e. The summed E-state index contributed by atoms with van der Waals surface area (Å²) in [4.78, 5) is 24.4. The fraction of sp³-hybridized carbons (Fsp3) is 0.190. The van der Waals surface area contributed by atoms with Crippen molar-refractivity contribution < 1.29 is 14.3 Å². The Morgan fingerprint density at radius 1 is 0.929 bits per heavy atom. The first-order valence-electron chi connectivity index (χ1n) is 8.95. The third-order valence-corrected chi connectivity index (χ3v) is 4.10. The van der Waals surface area contributed by atoms with Gasteiger partial charge in [0.15, 0.2) is 0 Å². The Morgan fingerprint density at radius 2 is 1.46 bits per heavy atom. The van der Waals surface area contributed by atoms with E-state index in [2.05, 4.69) is 16.0 Å². The molecule has 0 saturated carbocycles. The van der Waals surface area contributed by atoms with E-state index in [1.807, 2.05) is 43.7 Å². The molecule has 3 aromatic rings. The van der Waals surface area contributed by atoms with Crippen LogP contribution < -0.4 is 15.6 Å². The second-order valence-electron chi connectivity index (χ2n) is 6.25. The topological polar surface area (TPSA) is 85.3 Å². The highest BCUT2D eigenvalue weighted by Crippen LogP contribution is 2.14. The molecule has 0 aliphatic rings. The molecule has 28 heavy (non-hydrogen) atoms. The number of hydrogen-bond acceptors (Lipinski definition) is 4. The first-order valence-corrected chi connectivity index (χ1v) is 8.95. The van der Waals surface area contributed by atoms with E-state index in [1.54, 1.807) is 36.4 Å². The number of aromatic nitrogens is 2.